The third-order valence-electron chi connectivity index (χ3n) is 6.06. The Hall–Kier alpha value is -1.80. The first-order chi connectivity index (χ1) is 13.2. The second-order valence-electron chi connectivity index (χ2n) is 8.68. The van der Waals surface area contributed by atoms with E-state index in [9.17, 15) is 19.5 Å². The van der Waals surface area contributed by atoms with Gasteiger partial charge in [-0.25, -0.2) is 0 Å². The lowest BCUT2D eigenvalue weighted by molar-refractivity contribution is -0.151. The van der Waals surface area contributed by atoms with Crippen molar-refractivity contribution in [3.8, 4) is 0 Å². The van der Waals surface area contributed by atoms with Crippen molar-refractivity contribution in [1.82, 2.24) is 9.80 Å². The minimum atomic E-state index is -0.834. The molecule has 1 unspecified atom stereocenters. The summed E-state index contributed by atoms with van der Waals surface area (Å²) in [7, 11) is 0. The van der Waals surface area contributed by atoms with Crippen LogP contribution >= 0.6 is 11.8 Å². The Labute approximate surface area is 168 Å². The Bertz CT molecular complexity index is 773. The average Bonchev–Trinajstić information content (AvgIpc) is 2.89. The lowest BCUT2D eigenvalue weighted by Gasteiger charge is -2.40. The smallest absolute Gasteiger partial charge is 0.311 e. The van der Waals surface area contributed by atoms with Gasteiger partial charge in [-0.3, -0.25) is 14.4 Å². The number of carbonyl (C=O) groups excluding carboxylic acids is 3. The molecule has 0 saturated carbocycles. The van der Waals surface area contributed by atoms with Gasteiger partial charge in [0.15, 0.2) is 0 Å². The Morgan fingerprint density at radius 2 is 2.00 bits per heavy atom. The van der Waals surface area contributed by atoms with Crippen LogP contribution in [0.15, 0.2) is 24.3 Å². The van der Waals surface area contributed by atoms with E-state index in [1.165, 1.54) is 16.7 Å². The highest BCUT2D eigenvalue weighted by Gasteiger charge is 2.71. The fourth-order valence-electron chi connectivity index (χ4n) is 4.92. The summed E-state index contributed by atoms with van der Waals surface area (Å²) in [4.78, 5) is 43.0. The van der Waals surface area contributed by atoms with E-state index in [2.05, 4.69) is 0 Å². The summed E-state index contributed by atoms with van der Waals surface area (Å²) < 4.78 is 4.47. The molecule has 0 bridgehead atoms. The molecule has 7 nitrogen and oxygen atoms in total. The molecule has 152 valence electrons. The second kappa shape index (κ2) is 6.62. The molecule has 0 radical (unpaired) electrons. The highest BCUT2D eigenvalue weighted by Crippen LogP contribution is 2.60. The van der Waals surface area contributed by atoms with E-state index in [1.54, 1.807) is 4.90 Å². The van der Waals surface area contributed by atoms with E-state index in [-0.39, 0.29) is 42.8 Å². The number of nitrogens with zero attached hydrogens (tertiary/aromatic N) is 2. The summed E-state index contributed by atoms with van der Waals surface area (Å²) in [6.45, 7) is 6.39. The minimum absolute atomic E-state index is 0.0716. The van der Waals surface area contributed by atoms with E-state index in [0.29, 0.717) is 6.54 Å². The van der Waals surface area contributed by atoms with Crippen LogP contribution < -0.4 is 0 Å². The summed E-state index contributed by atoms with van der Waals surface area (Å²) in [6.07, 6.45) is 7.64. The number of hydrogen-bond donors (Lipinski definition) is 1. The predicted octanol–water partition coefficient (Wildman–Crippen LogP) is 0.586. The highest BCUT2D eigenvalue weighted by molar-refractivity contribution is 8.02. The van der Waals surface area contributed by atoms with Gasteiger partial charge in [-0.05, 0) is 20.8 Å². The van der Waals surface area contributed by atoms with Crippen molar-refractivity contribution in [2.24, 2.45) is 11.8 Å². The highest BCUT2D eigenvalue weighted by atomic mass is 32.2. The molecular formula is C20H26N2O5S. The molecule has 4 aliphatic heterocycles. The zero-order valence-corrected chi connectivity index (χ0v) is 17.1. The summed E-state index contributed by atoms with van der Waals surface area (Å²) in [5, 5.41) is 9.35. The van der Waals surface area contributed by atoms with Crippen molar-refractivity contribution < 1.29 is 24.2 Å². The molecule has 4 heterocycles. The normalized spacial score (nSPS) is 37.4. The third-order valence-corrected chi connectivity index (χ3v) is 7.81. The van der Waals surface area contributed by atoms with Gasteiger partial charge in [-0.15, -0.1) is 11.8 Å². The number of thioether (sulfide) groups is 1. The van der Waals surface area contributed by atoms with Gasteiger partial charge in [0.1, 0.15) is 12.6 Å². The lowest BCUT2D eigenvalue weighted by Crippen LogP contribution is -2.57. The standard InChI is InChI=1S/C20H26N2O5S/c1-19(2,3)22-8-5-7-20-14(13-12(28-20)6-4-11-27-18(13)26)16(24)21(9-10-23)15(20)17(22)25/h4-7,12-15,23H,8-11H2,1-3H3/t12-,13+,14-,15?,20-/m0/s1. The Morgan fingerprint density at radius 3 is 2.68 bits per heavy atom. The van der Waals surface area contributed by atoms with Crippen molar-refractivity contribution in [1.29, 1.82) is 0 Å². The maximum Gasteiger partial charge on any atom is 0.311 e. The molecule has 0 aromatic rings. The van der Waals surface area contributed by atoms with Gasteiger partial charge in [0, 0.05) is 23.9 Å². The van der Waals surface area contributed by atoms with Gasteiger partial charge in [0.2, 0.25) is 11.8 Å². The monoisotopic (exact) mass is 406 g/mol. The molecule has 4 rings (SSSR count). The van der Waals surface area contributed by atoms with Crippen LogP contribution in [0, 0.1) is 11.8 Å². The van der Waals surface area contributed by atoms with Gasteiger partial charge in [-0.2, -0.15) is 0 Å². The SMILES string of the molecule is CC(C)(C)N1CC=C[C@]23S[C@H]4C=CCOC(=O)[C@H]4[C@H]2C(=O)N(CCO)C3C1=O. The van der Waals surface area contributed by atoms with E-state index >= 15 is 0 Å². The number of aliphatic hydroxyl groups is 1. The molecule has 5 atom stereocenters. The van der Waals surface area contributed by atoms with Crippen LogP contribution in [-0.4, -0.2) is 80.6 Å². The largest absolute Gasteiger partial charge is 0.461 e. The topological polar surface area (TPSA) is 87.2 Å². The van der Waals surface area contributed by atoms with Crippen LogP contribution in [0.3, 0.4) is 0 Å². The van der Waals surface area contributed by atoms with Gasteiger partial charge < -0.3 is 19.6 Å². The number of rotatable bonds is 2. The first-order valence-corrected chi connectivity index (χ1v) is 10.5. The van der Waals surface area contributed by atoms with E-state index in [1.807, 2.05) is 45.1 Å². The van der Waals surface area contributed by atoms with Gasteiger partial charge in [-0.1, -0.05) is 24.3 Å². The number of fused-ring (bicyclic) bond motifs is 2. The van der Waals surface area contributed by atoms with Crippen LogP contribution in [0.2, 0.25) is 0 Å². The number of ether oxygens (including phenoxy) is 1. The third kappa shape index (κ3) is 2.64. The lowest BCUT2D eigenvalue weighted by atomic mass is 9.78. The van der Waals surface area contributed by atoms with Crippen molar-refractivity contribution in [3.05, 3.63) is 24.3 Å². The van der Waals surface area contributed by atoms with Crippen LogP contribution in [-0.2, 0) is 19.1 Å². The van der Waals surface area contributed by atoms with E-state index in [4.69, 9.17) is 4.74 Å². The molecule has 2 amide bonds. The number of cyclic esters (lactones) is 1. The summed E-state index contributed by atoms with van der Waals surface area (Å²) >= 11 is 1.51. The number of β-amino-alcohol motifs (C(OH)–C–C–N with tert-alkyl or cyclic N) is 1. The number of likely N-dealkylation sites (tertiary alicyclic amines) is 1. The Kier molecular flexibility index (Phi) is 4.62. The number of esters is 1. The molecule has 0 aromatic carbocycles. The maximum absolute atomic E-state index is 13.7. The zero-order valence-electron chi connectivity index (χ0n) is 16.3. The van der Waals surface area contributed by atoms with Gasteiger partial charge in [0.05, 0.1) is 23.2 Å². The first kappa shape index (κ1) is 19.5. The van der Waals surface area contributed by atoms with Crippen LogP contribution in [0.1, 0.15) is 20.8 Å². The zero-order chi connectivity index (χ0) is 20.3. The fourth-order valence-corrected chi connectivity index (χ4v) is 6.92. The van der Waals surface area contributed by atoms with Crippen LogP contribution in [0.25, 0.3) is 0 Å². The van der Waals surface area contributed by atoms with Crippen molar-refractivity contribution in [2.75, 3.05) is 26.3 Å². The minimum Gasteiger partial charge on any atom is -0.461 e. The van der Waals surface area contributed by atoms with Crippen molar-refractivity contribution in [2.45, 2.75) is 42.3 Å². The van der Waals surface area contributed by atoms with E-state index in [0.717, 1.165) is 0 Å². The molecule has 8 heteroatoms. The molecule has 1 N–H and O–H groups in total. The fraction of sp³-hybridized carbons (Fsp3) is 0.650. The summed E-state index contributed by atoms with van der Waals surface area (Å²) in [6, 6.07) is -0.742. The van der Waals surface area contributed by atoms with Crippen molar-refractivity contribution >= 4 is 29.5 Å². The number of aliphatic hydroxyl groups excluding tert-OH is 1. The van der Waals surface area contributed by atoms with Crippen LogP contribution in [0.4, 0.5) is 0 Å². The van der Waals surface area contributed by atoms with Gasteiger partial charge >= 0.3 is 5.97 Å². The Balaban J connectivity index is 1.85. The maximum atomic E-state index is 13.7. The number of amides is 2. The van der Waals surface area contributed by atoms with Crippen LogP contribution in [0.5, 0.6) is 0 Å². The predicted molar refractivity (Wildman–Crippen MR) is 104 cm³/mol. The average molecular weight is 407 g/mol. The number of hydrogen-bond acceptors (Lipinski definition) is 6. The molecule has 2 saturated heterocycles. The molecular weight excluding hydrogens is 380 g/mol. The molecule has 0 aromatic heterocycles. The molecule has 1 spiro atoms. The van der Waals surface area contributed by atoms with Crippen molar-refractivity contribution in [3.63, 3.8) is 0 Å². The molecule has 0 aliphatic carbocycles. The summed E-state index contributed by atoms with van der Waals surface area (Å²) in [5.74, 6) is -2.07. The Morgan fingerprint density at radius 1 is 1.25 bits per heavy atom. The quantitative estimate of drug-likeness (QED) is 0.533. The first-order valence-electron chi connectivity index (χ1n) is 9.64. The second-order valence-corrected chi connectivity index (χ2v) is 10.2. The molecule has 4 aliphatic rings. The van der Waals surface area contributed by atoms with Gasteiger partial charge in [0.25, 0.3) is 0 Å². The molecule has 2 fully saturated rings. The summed E-state index contributed by atoms with van der Waals surface area (Å²) in [5.41, 5.74) is -0.411. The molecule has 28 heavy (non-hydrogen) atoms. The number of carbonyl (C=O) groups is 3. The van der Waals surface area contributed by atoms with E-state index < -0.39 is 28.2 Å².